The van der Waals surface area contributed by atoms with E-state index in [9.17, 15) is 0 Å². The molecule has 1 rings (SSSR count). The van der Waals surface area contributed by atoms with Gasteiger partial charge in [0.2, 0.25) is 0 Å². The van der Waals surface area contributed by atoms with Crippen LogP contribution in [0.1, 0.15) is 36.9 Å². The first-order valence-electron chi connectivity index (χ1n) is 4.70. The number of halogens is 2. The standard InChI is InChI=1S/C11H18N2.2ClH/c1-8(2)9-3-5-10(6-4-9)11(13)7-12;;/h3-6,8,11H,7,12-13H2,1-2H3;2*1H/t11-;;/m1../s1. The highest BCUT2D eigenvalue weighted by Gasteiger charge is 2.03. The Bertz CT molecular complexity index is 260. The Labute approximate surface area is 104 Å². The van der Waals surface area contributed by atoms with Crippen LogP contribution in [0, 0.1) is 0 Å². The molecule has 0 aromatic heterocycles. The second-order valence-electron chi connectivity index (χ2n) is 3.66. The molecule has 0 fully saturated rings. The highest BCUT2D eigenvalue weighted by Crippen LogP contribution is 2.16. The van der Waals surface area contributed by atoms with Gasteiger partial charge in [-0.15, -0.1) is 24.8 Å². The van der Waals surface area contributed by atoms with Gasteiger partial charge in [0.1, 0.15) is 0 Å². The lowest BCUT2D eigenvalue weighted by Crippen LogP contribution is -2.20. The molecule has 0 saturated heterocycles. The minimum absolute atomic E-state index is 0. The Hall–Kier alpha value is -0.280. The van der Waals surface area contributed by atoms with Gasteiger partial charge in [-0.05, 0) is 17.0 Å². The summed E-state index contributed by atoms with van der Waals surface area (Å²) < 4.78 is 0. The monoisotopic (exact) mass is 250 g/mol. The van der Waals surface area contributed by atoms with E-state index in [1.54, 1.807) is 0 Å². The lowest BCUT2D eigenvalue weighted by atomic mass is 9.99. The molecule has 1 atom stereocenters. The van der Waals surface area contributed by atoms with Crippen molar-refractivity contribution in [3.63, 3.8) is 0 Å². The van der Waals surface area contributed by atoms with Crippen LogP contribution in [0.3, 0.4) is 0 Å². The highest BCUT2D eigenvalue weighted by molar-refractivity contribution is 5.85. The molecule has 0 heterocycles. The highest BCUT2D eigenvalue weighted by atomic mass is 35.5. The zero-order valence-corrected chi connectivity index (χ0v) is 10.8. The zero-order chi connectivity index (χ0) is 9.84. The van der Waals surface area contributed by atoms with Crippen molar-refractivity contribution in [3.05, 3.63) is 35.4 Å². The van der Waals surface area contributed by atoms with Crippen molar-refractivity contribution < 1.29 is 0 Å². The van der Waals surface area contributed by atoms with Gasteiger partial charge in [-0.2, -0.15) is 0 Å². The molecule has 0 amide bonds. The van der Waals surface area contributed by atoms with Crippen LogP contribution in [0.15, 0.2) is 24.3 Å². The average Bonchev–Trinajstić information content (AvgIpc) is 2.17. The first-order chi connectivity index (χ1) is 6.15. The van der Waals surface area contributed by atoms with E-state index < -0.39 is 0 Å². The first-order valence-corrected chi connectivity index (χ1v) is 4.70. The second-order valence-corrected chi connectivity index (χ2v) is 3.66. The van der Waals surface area contributed by atoms with Crippen molar-refractivity contribution in [2.45, 2.75) is 25.8 Å². The summed E-state index contributed by atoms with van der Waals surface area (Å²) in [7, 11) is 0. The van der Waals surface area contributed by atoms with E-state index in [0.29, 0.717) is 12.5 Å². The predicted octanol–water partition coefficient (Wildman–Crippen LogP) is 2.61. The molecule has 1 aromatic rings. The molecule has 0 unspecified atom stereocenters. The predicted molar refractivity (Wildman–Crippen MR) is 71.0 cm³/mol. The van der Waals surface area contributed by atoms with E-state index in [1.807, 2.05) is 0 Å². The Morgan fingerprint density at radius 2 is 1.40 bits per heavy atom. The summed E-state index contributed by atoms with van der Waals surface area (Å²) in [5.74, 6) is 0.572. The van der Waals surface area contributed by atoms with E-state index in [4.69, 9.17) is 11.5 Å². The number of nitrogens with two attached hydrogens (primary N) is 2. The Morgan fingerprint density at radius 3 is 1.73 bits per heavy atom. The van der Waals surface area contributed by atoms with Crippen molar-refractivity contribution in [1.82, 2.24) is 0 Å². The van der Waals surface area contributed by atoms with Crippen LogP contribution in [0.4, 0.5) is 0 Å². The lowest BCUT2D eigenvalue weighted by molar-refractivity contribution is 0.735. The zero-order valence-electron chi connectivity index (χ0n) is 9.14. The molecule has 4 heteroatoms. The van der Waals surface area contributed by atoms with E-state index in [2.05, 4.69) is 38.1 Å². The van der Waals surface area contributed by atoms with Crippen LogP contribution < -0.4 is 11.5 Å². The molecule has 4 N–H and O–H groups in total. The fourth-order valence-electron chi connectivity index (χ4n) is 1.26. The van der Waals surface area contributed by atoms with Gasteiger partial charge in [-0.1, -0.05) is 38.1 Å². The van der Waals surface area contributed by atoms with Gasteiger partial charge in [0, 0.05) is 12.6 Å². The maximum absolute atomic E-state index is 5.80. The third-order valence-corrected chi connectivity index (χ3v) is 2.29. The number of benzene rings is 1. The molecule has 15 heavy (non-hydrogen) atoms. The summed E-state index contributed by atoms with van der Waals surface area (Å²) in [5, 5.41) is 0. The van der Waals surface area contributed by atoms with Gasteiger partial charge in [-0.25, -0.2) is 0 Å². The summed E-state index contributed by atoms with van der Waals surface area (Å²) in [4.78, 5) is 0. The van der Waals surface area contributed by atoms with E-state index in [-0.39, 0.29) is 30.9 Å². The van der Waals surface area contributed by atoms with Crippen molar-refractivity contribution in [1.29, 1.82) is 0 Å². The van der Waals surface area contributed by atoms with Gasteiger partial charge in [-0.3, -0.25) is 0 Å². The quantitative estimate of drug-likeness (QED) is 0.867. The SMILES string of the molecule is CC(C)c1ccc([C@H](N)CN)cc1.Cl.Cl. The van der Waals surface area contributed by atoms with E-state index in [1.165, 1.54) is 5.56 Å². The largest absolute Gasteiger partial charge is 0.329 e. The normalized spacial score (nSPS) is 11.5. The van der Waals surface area contributed by atoms with Crippen LogP contribution in [0.2, 0.25) is 0 Å². The van der Waals surface area contributed by atoms with Gasteiger partial charge in [0.25, 0.3) is 0 Å². The van der Waals surface area contributed by atoms with Gasteiger partial charge in [0.15, 0.2) is 0 Å². The van der Waals surface area contributed by atoms with Crippen molar-refractivity contribution >= 4 is 24.8 Å². The summed E-state index contributed by atoms with van der Waals surface area (Å²) in [5.41, 5.74) is 13.7. The average molecular weight is 251 g/mol. The molecular weight excluding hydrogens is 231 g/mol. The minimum Gasteiger partial charge on any atom is -0.329 e. The summed E-state index contributed by atoms with van der Waals surface area (Å²) in [6, 6.07) is 8.34. The molecule has 0 bridgehead atoms. The Kier molecular flexibility index (Phi) is 9.07. The molecule has 0 aliphatic carbocycles. The van der Waals surface area contributed by atoms with Crippen molar-refractivity contribution in [2.24, 2.45) is 11.5 Å². The molecule has 0 saturated carbocycles. The smallest absolute Gasteiger partial charge is 0.0419 e. The fourth-order valence-corrected chi connectivity index (χ4v) is 1.26. The molecular formula is C11H20Cl2N2. The van der Waals surface area contributed by atoms with E-state index >= 15 is 0 Å². The van der Waals surface area contributed by atoms with Crippen LogP contribution in [-0.4, -0.2) is 6.54 Å². The summed E-state index contributed by atoms with van der Waals surface area (Å²) in [6.45, 7) is 4.86. The van der Waals surface area contributed by atoms with Crippen LogP contribution >= 0.6 is 24.8 Å². The third-order valence-electron chi connectivity index (χ3n) is 2.29. The number of hydrogen-bond acceptors (Lipinski definition) is 2. The summed E-state index contributed by atoms with van der Waals surface area (Å²) >= 11 is 0. The second kappa shape index (κ2) is 7.94. The molecule has 0 radical (unpaired) electrons. The van der Waals surface area contributed by atoms with Crippen molar-refractivity contribution in [3.8, 4) is 0 Å². The van der Waals surface area contributed by atoms with E-state index in [0.717, 1.165) is 5.56 Å². The molecule has 2 nitrogen and oxygen atoms in total. The Morgan fingerprint density at radius 1 is 1.00 bits per heavy atom. The van der Waals surface area contributed by atoms with Gasteiger partial charge in [0.05, 0.1) is 0 Å². The van der Waals surface area contributed by atoms with Gasteiger partial charge >= 0.3 is 0 Å². The maximum Gasteiger partial charge on any atom is 0.0419 e. The molecule has 0 aliphatic rings. The van der Waals surface area contributed by atoms with Crippen LogP contribution in [0.25, 0.3) is 0 Å². The fraction of sp³-hybridized carbons (Fsp3) is 0.455. The maximum atomic E-state index is 5.80. The van der Waals surface area contributed by atoms with Gasteiger partial charge < -0.3 is 11.5 Å². The molecule has 88 valence electrons. The summed E-state index contributed by atoms with van der Waals surface area (Å²) in [6.07, 6.45) is 0. The first kappa shape index (κ1) is 17.1. The molecule has 0 aliphatic heterocycles. The van der Waals surface area contributed by atoms with Crippen LogP contribution in [0.5, 0.6) is 0 Å². The number of hydrogen-bond donors (Lipinski definition) is 2. The third kappa shape index (κ3) is 4.85. The molecule has 1 aromatic carbocycles. The topological polar surface area (TPSA) is 52.0 Å². The lowest BCUT2D eigenvalue weighted by Gasteiger charge is -2.11. The van der Waals surface area contributed by atoms with Crippen molar-refractivity contribution in [2.75, 3.05) is 6.54 Å². The molecule has 0 spiro atoms. The minimum atomic E-state index is -0.0267. The number of rotatable bonds is 3. The van der Waals surface area contributed by atoms with Crippen LogP contribution in [-0.2, 0) is 0 Å². The Balaban J connectivity index is 0.